The number of ether oxygens (including phenoxy) is 3. The summed E-state index contributed by atoms with van der Waals surface area (Å²) < 4.78 is 16.4. The van der Waals surface area contributed by atoms with E-state index in [1.165, 1.54) is 0 Å². The summed E-state index contributed by atoms with van der Waals surface area (Å²) in [5.74, 6) is 1.32. The van der Waals surface area contributed by atoms with Crippen LogP contribution in [0.3, 0.4) is 0 Å². The normalized spacial score (nSPS) is 10.0. The molecule has 0 atom stereocenters. The number of benzene rings is 2. The predicted molar refractivity (Wildman–Crippen MR) is 83.0 cm³/mol. The van der Waals surface area contributed by atoms with Gasteiger partial charge in [-0.3, -0.25) is 0 Å². The molecule has 0 fully saturated rings. The van der Waals surface area contributed by atoms with E-state index in [0.29, 0.717) is 11.5 Å². The predicted octanol–water partition coefficient (Wildman–Crippen LogP) is 3.75. The van der Waals surface area contributed by atoms with Gasteiger partial charge in [0.05, 0.1) is 11.6 Å². The number of carbonyl (C=O) groups excluding carboxylic acids is 1. The third kappa shape index (κ3) is 4.49. The lowest BCUT2D eigenvalue weighted by atomic mass is 10.2. The molecule has 0 heterocycles. The molecule has 0 saturated heterocycles. The van der Waals surface area contributed by atoms with Crippen LogP contribution in [0.4, 0.5) is 0 Å². The Morgan fingerprint density at radius 3 is 2.38 bits per heavy atom. The summed E-state index contributed by atoms with van der Waals surface area (Å²) in [6.45, 7) is 1.80. The van der Waals surface area contributed by atoms with E-state index in [1.807, 2.05) is 19.1 Å². The molecule has 0 radical (unpaired) electrons. The highest BCUT2D eigenvalue weighted by molar-refractivity contribution is 9.10. The van der Waals surface area contributed by atoms with Gasteiger partial charge in [0.25, 0.3) is 0 Å². The van der Waals surface area contributed by atoms with Gasteiger partial charge in [-0.15, -0.1) is 0 Å². The Hall–Kier alpha value is -2.01. The fourth-order valence-corrected chi connectivity index (χ4v) is 2.23. The first kappa shape index (κ1) is 15.4. The van der Waals surface area contributed by atoms with Gasteiger partial charge in [-0.1, -0.05) is 6.07 Å². The average molecular weight is 351 g/mol. The van der Waals surface area contributed by atoms with Gasteiger partial charge in [-0.2, -0.15) is 0 Å². The topological polar surface area (TPSA) is 44.8 Å². The smallest absolute Gasteiger partial charge is 0.349 e. The quantitative estimate of drug-likeness (QED) is 0.608. The first-order chi connectivity index (χ1) is 10.1. The van der Waals surface area contributed by atoms with Crippen molar-refractivity contribution in [2.24, 2.45) is 0 Å². The number of rotatable bonds is 5. The van der Waals surface area contributed by atoms with Crippen molar-refractivity contribution in [3.8, 4) is 17.2 Å². The highest BCUT2D eigenvalue weighted by Crippen LogP contribution is 2.26. The minimum Gasteiger partial charge on any atom is -0.497 e. The molecule has 110 valence electrons. The van der Waals surface area contributed by atoms with Crippen molar-refractivity contribution in [3.05, 3.63) is 52.5 Å². The Kier molecular flexibility index (Phi) is 5.22. The van der Waals surface area contributed by atoms with Crippen LogP contribution in [0.1, 0.15) is 5.56 Å². The fraction of sp³-hybridized carbons (Fsp3) is 0.188. The van der Waals surface area contributed by atoms with Crippen LogP contribution in [0.2, 0.25) is 0 Å². The molecule has 0 aliphatic rings. The third-order valence-corrected chi connectivity index (χ3v) is 3.35. The van der Waals surface area contributed by atoms with Crippen molar-refractivity contribution < 1.29 is 19.0 Å². The zero-order chi connectivity index (χ0) is 15.2. The molecule has 2 rings (SSSR count). The Bertz CT molecular complexity index is 623. The highest BCUT2D eigenvalue weighted by Gasteiger charge is 2.09. The second-order valence-corrected chi connectivity index (χ2v) is 5.23. The van der Waals surface area contributed by atoms with Crippen molar-refractivity contribution in [2.75, 3.05) is 13.7 Å². The lowest BCUT2D eigenvalue weighted by molar-refractivity contribution is -0.136. The third-order valence-electron chi connectivity index (χ3n) is 2.73. The molecule has 2 aromatic rings. The number of aryl methyl sites for hydroxylation is 1. The van der Waals surface area contributed by atoms with Gasteiger partial charge in [0, 0.05) is 0 Å². The number of methoxy groups -OCH3 is 1. The van der Waals surface area contributed by atoms with E-state index in [9.17, 15) is 4.79 Å². The number of carbonyl (C=O) groups is 1. The van der Waals surface area contributed by atoms with Gasteiger partial charge in [0.1, 0.15) is 17.2 Å². The van der Waals surface area contributed by atoms with Gasteiger partial charge in [-0.25, -0.2) is 4.79 Å². The molecule has 0 amide bonds. The molecule has 0 aliphatic heterocycles. The zero-order valence-electron chi connectivity index (χ0n) is 11.8. The molecule has 0 spiro atoms. The summed E-state index contributed by atoms with van der Waals surface area (Å²) in [4.78, 5) is 11.8. The van der Waals surface area contributed by atoms with Crippen LogP contribution in [0, 0.1) is 6.92 Å². The fourth-order valence-electron chi connectivity index (χ4n) is 1.65. The van der Waals surface area contributed by atoms with Gasteiger partial charge >= 0.3 is 5.97 Å². The van der Waals surface area contributed by atoms with Crippen LogP contribution in [0.25, 0.3) is 0 Å². The maximum Gasteiger partial charge on any atom is 0.349 e. The minimum atomic E-state index is -0.463. The number of hydrogen-bond donors (Lipinski definition) is 0. The monoisotopic (exact) mass is 350 g/mol. The Morgan fingerprint density at radius 2 is 1.76 bits per heavy atom. The zero-order valence-corrected chi connectivity index (χ0v) is 13.3. The molecule has 2 aromatic carbocycles. The van der Waals surface area contributed by atoms with Crippen molar-refractivity contribution in [1.82, 2.24) is 0 Å². The molecule has 0 bridgehead atoms. The SMILES string of the molecule is COc1ccc(OCC(=O)Oc2ccc(C)cc2Br)cc1. The summed E-state index contributed by atoms with van der Waals surface area (Å²) >= 11 is 3.36. The summed E-state index contributed by atoms with van der Waals surface area (Å²) in [7, 11) is 1.59. The number of esters is 1. The number of halogens is 1. The van der Waals surface area contributed by atoms with E-state index in [2.05, 4.69) is 15.9 Å². The largest absolute Gasteiger partial charge is 0.497 e. The standard InChI is InChI=1S/C16H15BrO4/c1-11-3-8-15(14(17)9-11)21-16(18)10-20-13-6-4-12(19-2)5-7-13/h3-9H,10H2,1-2H3. The summed E-state index contributed by atoms with van der Waals surface area (Å²) in [6.07, 6.45) is 0. The van der Waals surface area contributed by atoms with Crippen LogP contribution in [-0.4, -0.2) is 19.7 Å². The summed E-state index contributed by atoms with van der Waals surface area (Å²) in [5.41, 5.74) is 1.08. The lowest BCUT2D eigenvalue weighted by Gasteiger charge is -2.09. The molecular formula is C16H15BrO4. The maximum absolute atomic E-state index is 11.8. The minimum absolute atomic E-state index is 0.160. The van der Waals surface area contributed by atoms with Gasteiger partial charge in [0.15, 0.2) is 6.61 Å². The van der Waals surface area contributed by atoms with Crippen LogP contribution in [0.15, 0.2) is 46.9 Å². The van der Waals surface area contributed by atoms with E-state index in [1.54, 1.807) is 37.4 Å². The molecule has 4 nitrogen and oxygen atoms in total. The van der Waals surface area contributed by atoms with E-state index in [0.717, 1.165) is 15.8 Å². The summed E-state index contributed by atoms with van der Waals surface area (Å²) in [6, 6.07) is 12.5. The van der Waals surface area contributed by atoms with Crippen LogP contribution in [0.5, 0.6) is 17.2 Å². The van der Waals surface area contributed by atoms with E-state index < -0.39 is 5.97 Å². The Balaban J connectivity index is 1.89. The first-order valence-corrected chi connectivity index (χ1v) is 7.11. The molecule has 5 heteroatoms. The molecular weight excluding hydrogens is 336 g/mol. The Labute approximate surface area is 131 Å². The summed E-state index contributed by atoms with van der Waals surface area (Å²) in [5, 5.41) is 0. The maximum atomic E-state index is 11.8. The molecule has 0 unspecified atom stereocenters. The van der Waals surface area contributed by atoms with Crippen molar-refractivity contribution in [2.45, 2.75) is 6.92 Å². The Morgan fingerprint density at radius 1 is 1.10 bits per heavy atom. The van der Waals surface area contributed by atoms with Gasteiger partial charge < -0.3 is 14.2 Å². The van der Waals surface area contributed by atoms with Crippen LogP contribution < -0.4 is 14.2 Å². The van der Waals surface area contributed by atoms with E-state index >= 15 is 0 Å². The van der Waals surface area contributed by atoms with Crippen molar-refractivity contribution in [3.63, 3.8) is 0 Å². The molecule has 0 N–H and O–H groups in total. The van der Waals surface area contributed by atoms with Crippen LogP contribution in [-0.2, 0) is 4.79 Å². The average Bonchev–Trinajstić information content (AvgIpc) is 2.48. The van der Waals surface area contributed by atoms with Gasteiger partial charge in [0.2, 0.25) is 0 Å². The van der Waals surface area contributed by atoms with Gasteiger partial charge in [-0.05, 0) is 64.8 Å². The van der Waals surface area contributed by atoms with Crippen LogP contribution >= 0.6 is 15.9 Å². The second-order valence-electron chi connectivity index (χ2n) is 4.37. The second kappa shape index (κ2) is 7.13. The van der Waals surface area contributed by atoms with E-state index in [-0.39, 0.29) is 6.61 Å². The molecule has 0 aromatic heterocycles. The van der Waals surface area contributed by atoms with Crippen molar-refractivity contribution in [1.29, 1.82) is 0 Å². The van der Waals surface area contributed by atoms with E-state index in [4.69, 9.17) is 14.2 Å². The van der Waals surface area contributed by atoms with Crippen molar-refractivity contribution >= 4 is 21.9 Å². The molecule has 0 aliphatic carbocycles. The highest BCUT2D eigenvalue weighted by atomic mass is 79.9. The first-order valence-electron chi connectivity index (χ1n) is 6.32. The number of hydrogen-bond acceptors (Lipinski definition) is 4. The lowest BCUT2D eigenvalue weighted by Crippen LogP contribution is -2.17. The molecule has 0 saturated carbocycles. The molecule has 21 heavy (non-hydrogen) atoms.